The lowest BCUT2D eigenvalue weighted by Crippen LogP contribution is -2.38. The third kappa shape index (κ3) is 2.38. The first-order chi connectivity index (χ1) is 9.70. The molecule has 1 aromatic rings. The van der Waals surface area contributed by atoms with Crippen molar-refractivity contribution in [3.8, 4) is 0 Å². The van der Waals surface area contributed by atoms with E-state index in [2.05, 4.69) is 46.5 Å². The average Bonchev–Trinajstić information content (AvgIpc) is 2.94. The molecule has 1 aliphatic carbocycles. The summed E-state index contributed by atoms with van der Waals surface area (Å²) in [5.41, 5.74) is -0.224. The fraction of sp³-hybridized carbons (Fsp3) is 0.667. The number of nitrogens with one attached hydrogen (secondary N) is 1. The largest absolute Gasteiger partial charge is 0.319 e. The second-order valence-electron chi connectivity index (χ2n) is 5.67. The van der Waals surface area contributed by atoms with Crippen molar-refractivity contribution in [1.29, 1.82) is 0 Å². The molecule has 0 aromatic carbocycles. The van der Waals surface area contributed by atoms with E-state index in [1.165, 1.54) is 4.88 Å². The quantitative estimate of drug-likeness (QED) is 0.872. The van der Waals surface area contributed by atoms with Crippen molar-refractivity contribution in [3.05, 3.63) is 22.4 Å². The zero-order valence-corrected chi connectivity index (χ0v) is 13.1. The summed E-state index contributed by atoms with van der Waals surface area (Å²) in [6.07, 6.45) is 2.07. The zero-order valence-electron chi connectivity index (χ0n) is 12.3. The van der Waals surface area contributed by atoms with Gasteiger partial charge in [0.15, 0.2) is 0 Å². The Hall–Kier alpha value is -0.910. The van der Waals surface area contributed by atoms with E-state index in [-0.39, 0.29) is 11.7 Å². The Morgan fingerprint density at radius 1 is 1.45 bits per heavy atom. The van der Waals surface area contributed by atoms with Crippen LogP contribution >= 0.6 is 11.3 Å². The minimum Gasteiger partial charge on any atom is -0.319 e. The molecule has 1 N–H and O–H groups in total. The molecular weight excluding hydrogens is 270 g/mol. The topological polar surface area (TPSA) is 35.6 Å². The van der Waals surface area contributed by atoms with E-state index in [0.29, 0.717) is 5.91 Å². The molecule has 0 radical (unpaired) electrons. The van der Waals surface area contributed by atoms with Gasteiger partial charge >= 0.3 is 0 Å². The van der Waals surface area contributed by atoms with Crippen LogP contribution < -0.4 is 5.32 Å². The van der Waals surface area contributed by atoms with Gasteiger partial charge in [0.2, 0.25) is 5.91 Å². The minimum absolute atomic E-state index is 0.0839. The number of hydrogen-bond acceptors (Lipinski definition) is 4. The molecular formula is C15H23N3OS. The number of thiophene rings is 1. The van der Waals surface area contributed by atoms with E-state index in [0.717, 1.165) is 39.0 Å². The maximum absolute atomic E-state index is 12.6. The monoisotopic (exact) mass is 293 g/mol. The molecule has 3 rings (SSSR count). The van der Waals surface area contributed by atoms with Gasteiger partial charge in [-0.1, -0.05) is 19.9 Å². The van der Waals surface area contributed by atoms with Crippen LogP contribution in [0.3, 0.4) is 0 Å². The molecule has 1 saturated carbocycles. The molecule has 1 aromatic heterocycles. The highest BCUT2D eigenvalue weighted by atomic mass is 32.1. The Bertz CT molecular complexity index is 465. The smallest absolute Gasteiger partial charge is 0.244 e. The first-order valence-electron chi connectivity index (χ1n) is 7.54. The van der Waals surface area contributed by atoms with Gasteiger partial charge in [0.1, 0.15) is 11.7 Å². The molecule has 2 fully saturated rings. The predicted octanol–water partition coefficient (Wildman–Crippen LogP) is 2.05. The third-order valence-electron chi connectivity index (χ3n) is 4.51. The summed E-state index contributed by atoms with van der Waals surface area (Å²) in [4.78, 5) is 18.3. The SMILES string of the molecule is CCN(CC)CCN1C(=O)C2(CC2)NC1c1cccs1. The van der Waals surface area contributed by atoms with Crippen LogP contribution in [0.4, 0.5) is 0 Å². The molecule has 2 aliphatic rings. The lowest BCUT2D eigenvalue weighted by molar-refractivity contribution is -0.131. The maximum Gasteiger partial charge on any atom is 0.244 e. The van der Waals surface area contributed by atoms with Gasteiger partial charge in [-0.05, 0) is 37.4 Å². The van der Waals surface area contributed by atoms with Crippen LogP contribution in [0.25, 0.3) is 0 Å². The second kappa shape index (κ2) is 5.47. The van der Waals surface area contributed by atoms with Crippen molar-refractivity contribution >= 4 is 17.2 Å². The van der Waals surface area contributed by atoms with E-state index in [1.54, 1.807) is 11.3 Å². The van der Waals surface area contributed by atoms with Crippen molar-refractivity contribution in [2.75, 3.05) is 26.2 Å². The number of rotatable bonds is 6. The number of carbonyl (C=O) groups is 1. The molecule has 1 unspecified atom stereocenters. The van der Waals surface area contributed by atoms with Gasteiger partial charge in [-0.3, -0.25) is 10.1 Å². The molecule has 5 heteroatoms. The lowest BCUT2D eigenvalue weighted by atomic mass is 10.3. The molecule has 1 amide bonds. The first kappa shape index (κ1) is 14.0. The van der Waals surface area contributed by atoms with E-state index >= 15 is 0 Å². The number of carbonyl (C=O) groups excluding carboxylic acids is 1. The summed E-state index contributed by atoms with van der Waals surface area (Å²) < 4.78 is 0. The van der Waals surface area contributed by atoms with E-state index in [9.17, 15) is 4.79 Å². The average molecular weight is 293 g/mol. The number of nitrogens with zero attached hydrogens (tertiary/aromatic N) is 2. The number of likely N-dealkylation sites (N-methyl/N-ethyl adjacent to an activating group) is 1. The van der Waals surface area contributed by atoms with Crippen LogP contribution in [0.2, 0.25) is 0 Å². The van der Waals surface area contributed by atoms with Gasteiger partial charge in [0.05, 0.1) is 0 Å². The summed E-state index contributed by atoms with van der Waals surface area (Å²) in [6, 6.07) is 4.19. The van der Waals surface area contributed by atoms with Crippen LogP contribution in [0.1, 0.15) is 37.7 Å². The molecule has 1 saturated heterocycles. The van der Waals surface area contributed by atoms with Gasteiger partial charge in [0.25, 0.3) is 0 Å². The summed E-state index contributed by atoms with van der Waals surface area (Å²) in [6.45, 7) is 8.21. The molecule has 1 spiro atoms. The molecule has 110 valence electrons. The van der Waals surface area contributed by atoms with Gasteiger partial charge < -0.3 is 9.80 Å². The van der Waals surface area contributed by atoms with E-state index in [1.807, 2.05) is 0 Å². The first-order valence-corrected chi connectivity index (χ1v) is 8.42. The van der Waals surface area contributed by atoms with Crippen LogP contribution in [-0.2, 0) is 4.79 Å². The molecule has 4 nitrogen and oxygen atoms in total. The fourth-order valence-electron chi connectivity index (χ4n) is 2.97. The Morgan fingerprint density at radius 2 is 2.20 bits per heavy atom. The highest BCUT2D eigenvalue weighted by Gasteiger charge is 2.59. The molecule has 20 heavy (non-hydrogen) atoms. The Balaban J connectivity index is 1.73. The van der Waals surface area contributed by atoms with Gasteiger partial charge in [-0.15, -0.1) is 11.3 Å². The molecule has 2 heterocycles. The maximum atomic E-state index is 12.6. The summed E-state index contributed by atoms with van der Waals surface area (Å²) in [5.74, 6) is 0.308. The van der Waals surface area contributed by atoms with Crippen molar-refractivity contribution < 1.29 is 4.79 Å². The third-order valence-corrected chi connectivity index (χ3v) is 5.43. The standard InChI is InChI=1S/C15H23N3OS/c1-3-17(4-2)9-10-18-13(12-6-5-11-20-12)16-15(7-8-15)14(18)19/h5-6,11,13,16H,3-4,7-10H2,1-2H3. The van der Waals surface area contributed by atoms with Crippen molar-refractivity contribution in [2.24, 2.45) is 0 Å². The lowest BCUT2D eigenvalue weighted by Gasteiger charge is -2.26. The molecule has 0 bridgehead atoms. The van der Waals surface area contributed by atoms with E-state index < -0.39 is 0 Å². The molecule has 1 aliphatic heterocycles. The second-order valence-corrected chi connectivity index (χ2v) is 6.65. The number of amides is 1. The highest BCUT2D eigenvalue weighted by molar-refractivity contribution is 7.10. The Kier molecular flexibility index (Phi) is 3.84. The Labute approximate surface area is 124 Å². The molecule has 1 atom stereocenters. The number of hydrogen-bond donors (Lipinski definition) is 1. The van der Waals surface area contributed by atoms with Crippen molar-refractivity contribution in [3.63, 3.8) is 0 Å². The van der Waals surface area contributed by atoms with Gasteiger partial charge in [-0.2, -0.15) is 0 Å². The van der Waals surface area contributed by atoms with Crippen LogP contribution in [0, 0.1) is 0 Å². The van der Waals surface area contributed by atoms with Crippen molar-refractivity contribution in [1.82, 2.24) is 15.1 Å². The summed E-state index contributed by atoms with van der Waals surface area (Å²) in [7, 11) is 0. The normalized spacial score (nSPS) is 24.1. The van der Waals surface area contributed by atoms with E-state index in [4.69, 9.17) is 0 Å². The predicted molar refractivity (Wildman–Crippen MR) is 81.7 cm³/mol. The van der Waals surface area contributed by atoms with Gasteiger partial charge in [-0.25, -0.2) is 0 Å². The van der Waals surface area contributed by atoms with Crippen molar-refractivity contribution in [2.45, 2.75) is 38.4 Å². The summed E-state index contributed by atoms with van der Waals surface area (Å²) in [5, 5.41) is 5.66. The van der Waals surface area contributed by atoms with Crippen LogP contribution in [0.15, 0.2) is 17.5 Å². The van der Waals surface area contributed by atoms with Crippen LogP contribution in [0.5, 0.6) is 0 Å². The summed E-state index contributed by atoms with van der Waals surface area (Å²) >= 11 is 1.73. The zero-order chi connectivity index (χ0) is 14.2. The van der Waals surface area contributed by atoms with Gasteiger partial charge in [0, 0.05) is 18.0 Å². The van der Waals surface area contributed by atoms with Crippen LogP contribution in [-0.4, -0.2) is 47.4 Å². The fourth-order valence-corrected chi connectivity index (χ4v) is 3.75. The minimum atomic E-state index is -0.224. The Morgan fingerprint density at radius 3 is 2.75 bits per heavy atom. The highest BCUT2D eigenvalue weighted by Crippen LogP contribution is 2.46.